The van der Waals surface area contributed by atoms with Gasteiger partial charge < -0.3 is 5.11 Å². The lowest BCUT2D eigenvalue weighted by atomic mass is 9.95. The normalized spacial score (nSPS) is 14.6. The highest BCUT2D eigenvalue weighted by Gasteiger charge is 2.34. The molecule has 0 fully saturated rings. The molecule has 0 radical (unpaired) electrons. The van der Waals surface area contributed by atoms with E-state index in [1.165, 1.54) is 10.7 Å². The van der Waals surface area contributed by atoms with Crippen molar-refractivity contribution in [3.8, 4) is 5.69 Å². The number of alkyl halides is 3. The largest absolute Gasteiger partial charge is 0.476 e. The summed E-state index contributed by atoms with van der Waals surface area (Å²) in [6.07, 6.45) is -1.75. The Kier molecular flexibility index (Phi) is 3.83. The van der Waals surface area contributed by atoms with Gasteiger partial charge in [0.2, 0.25) is 0 Å². The molecule has 4 nitrogen and oxygen atoms in total. The van der Waals surface area contributed by atoms with Gasteiger partial charge in [0.15, 0.2) is 5.69 Å². The Balaban J connectivity index is 2.18. The fourth-order valence-corrected chi connectivity index (χ4v) is 3.07. The number of carboxylic acids is 1. The molecule has 0 saturated heterocycles. The summed E-state index contributed by atoms with van der Waals surface area (Å²) in [5.74, 6) is -1.17. The van der Waals surface area contributed by atoms with Gasteiger partial charge in [0.25, 0.3) is 0 Å². The van der Waals surface area contributed by atoms with E-state index in [0.717, 1.165) is 25.0 Å². The minimum absolute atomic E-state index is 0.0943. The SMILES string of the molecule is O=C(O)c1nn(-c2ccc(Cl)c(C(F)(F)F)c2)c2c1CCCC2. The highest BCUT2D eigenvalue weighted by atomic mass is 35.5. The quantitative estimate of drug-likeness (QED) is 0.891. The molecule has 1 aliphatic carbocycles. The Morgan fingerprint density at radius 2 is 1.96 bits per heavy atom. The number of fused-ring (bicyclic) bond motifs is 1. The van der Waals surface area contributed by atoms with E-state index in [-0.39, 0.29) is 11.4 Å². The molecule has 122 valence electrons. The Morgan fingerprint density at radius 3 is 2.61 bits per heavy atom. The van der Waals surface area contributed by atoms with Crippen LogP contribution in [-0.4, -0.2) is 20.9 Å². The molecule has 0 saturated carbocycles. The molecule has 0 spiro atoms. The highest BCUT2D eigenvalue weighted by Crippen LogP contribution is 2.36. The molecular formula is C15H12ClF3N2O2. The minimum atomic E-state index is -4.59. The molecule has 8 heteroatoms. The molecule has 0 atom stereocenters. The number of hydrogen-bond acceptors (Lipinski definition) is 2. The van der Waals surface area contributed by atoms with Crippen molar-refractivity contribution in [1.82, 2.24) is 9.78 Å². The van der Waals surface area contributed by atoms with E-state index in [1.807, 2.05) is 0 Å². The summed E-state index contributed by atoms with van der Waals surface area (Å²) in [6.45, 7) is 0. The highest BCUT2D eigenvalue weighted by molar-refractivity contribution is 6.31. The summed E-state index contributed by atoms with van der Waals surface area (Å²) in [4.78, 5) is 11.3. The molecule has 1 aromatic carbocycles. The van der Waals surface area contributed by atoms with Crippen LogP contribution in [0.2, 0.25) is 5.02 Å². The van der Waals surface area contributed by atoms with Crippen molar-refractivity contribution in [2.45, 2.75) is 31.9 Å². The number of aromatic carboxylic acids is 1. The van der Waals surface area contributed by atoms with Crippen LogP contribution in [0.15, 0.2) is 18.2 Å². The second-order valence-corrected chi connectivity index (χ2v) is 5.77. The predicted octanol–water partition coefficient (Wildman–Crippen LogP) is 4.12. The average molecular weight is 345 g/mol. The standard InChI is InChI=1S/C15H12ClF3N2O2/c16-11-6-5-8(7-10(11)15(17,18)19)21-12-4-2-1-3-9(12)13(20-21)14(22)23/h5-7H,1-4H2,(H,22,23). The summed E-state index contributed by atoms with van der Waals surface area (Å²) < 4.78 is 40.3. The zero-order chi connectivity index (χ0) is 16.8. The molecule has 1 aromatic heterocycles. The number of hydrogen-bond donors (Lipinski definition) is 1. The first-order valence-electron chi connectivity index (χ1n) is 7.00. The molecule has 23 heavy (non-hydrogen) atoms. The zero-order valence-corrected chi connectivity index (χ0v) is 12.6. The van der Waals surface area contributed by atoms with Gasteiger partial charge in [-0.2, -0.15) is 18.3 Å². The third-order valence-electron chi connectivity index (χ3n) is 3.88. The van der Waals surface area contributed by atoms with Crippen molar-refractivity contribution in [3.05, 3.63) is 45.7 Å². The van der Waals surface area contributed by atoms with Crippen LogP contribution in [0.25, 0.3) is 5.69 Å². The van der Waals surface area contributed by atoms with E-state index in [2.05, 4.69) is 5.10 Å². The van der Waals surface area contributed by atoms with Crippen LogP contribution >= 0.6 is 11.6 Å². The summed E-state index contributed by atoms with van der Waals surface area (Å²) in [5, 5.41) is 12.9. The summed E-state index contributed by atoms with van der Waals surface area (Å²) in [6, 6.07) is 3.46. The van der Waals surface area contributed by atoms with Crippen LogP contribution < -0.4 is 0 Å². The molecule has 0 amide bonds. The van der Waals surface area contributed by atoms with Gasteiger partial charge in [0, 0.05) is 11.3 Å². The monoisotopic (exact) mass is 344 g/mol. The molecule has 0 aliphatic heterocycles. The Morgan fingerprint density at radius 1 is 1.26 bits per heavy atom. The molecule has 0 bridgehead atoms. The van der Waals surface area contributed by atoms with E-state index in [0.29, 0.717) is 24.1 Å². The number of carboxylic acid groups (broad SMARTS) is 1. The Bertz CT molecular complexity index is 784. The van der Waals surface area contributed by atoms with Crippen molar-refractivity contribution >= 4 is 17.6 Å². The fourth-order valence-electron chi connectivity index (χ4n) is 2.85. The predicted molar refractivity (Wildman–Crippen MR) is 77.2 cm³/mol. The zero-order valence-electron chi connectivity index (χ0n) is 11.8. The number of nitrogens with zero attached hydrogens (tertiary/aromatic N) is 2. The van der Waals surface area contributed by atoms with Crippen LogP contribution in [0.1, 0.15) is 40.2 Å². The Hall–Kier alpha value is -2.02. The van der Waals surface area contributed by atoms with Gasteiger partial charge in [-0.3, -0.25) is 0 Å². The van der Waals surface area contributed by atoms with Crippen LogP contribution in [0.3, 0.4) is 0 Å². The van der Waals surface area contributed by atoms with E-state index in [4.69, 9.17) is 11.6 Å². The molecule has 2 aromatic rings. The fraction of sp³-hybridized carbons (Fsp3) is 0.333. The maximum Gasteiger partial charge on any atom is 0.417 e. The lowest BCUT2D eigenvalue weighted by molar-refractivity contribution is -0.137. The summed E-state index contributed by atoms with van der Waals surface area (Å²) >= 11 is 5.62. The van der Waals surface area contributed by atoms with Crippen molar-refractivity contribution in [2.75, 3.05) is 0 Å². The third-order valence-corrected chi connectivity index (χ3v) is 4.21. The van der Waals surface area contributed by atoms with Crippen molar-refractivity contribution < 1.29 is 23.1 Å². The first kappa shape index (κ1) is 15.9. The molecule has 3 rings (SSSR count). The number of rotatable bonds is 2. The van der Waals surface area contributed by atoms with E-state index >= 15 is 0 Å². The van der Waals surface area contributed by atoms with E-state index < -0.39 is 22.7 Å². The molecule has 1 heterocycles. The topological polar surface area (TPSA) is 55.1 Å². The van der Waals surface area contributed by atoms with Gasteiger partial charge in [0.05, 0.1) is 16.3 Å². The lowest BCUT2D eigenvalue weighted by Gasteiger charge is -2.15. The molecule has 0 unspecified atom stereocenters. The van der Waals surface area contributed by atoms with Gasteiger partial charge in [-0.1, -0.05) is 11.6 Å². The van der Waals surface area contributed by atoms with Gasteiger partial charge in [-0.15, -0.1) is 0 Å². The Labute approximate surface area is 134 Å². The third kappa shape index (κ3) is 2.81. The first-order chi connectivity index (χ1) is 10.8. The average Bonchev–Trinajstić information content (AvgIpc) is 2.86. The van der Waals surface area contributed by atoms with Gasteiger partial charge >= 0.3 is 12.1 Å². The molecule has 1 aliphatic rings. The first-order valence-corrected chi connectivity index (χ1v) is 7.38. The summed E-state index contributed by atoms with van der Waals surface area (Å²) in [7, 11) is 0. The smallest absolute Gasteiger partial charge is 0.417 e. The van der Waals surface area contributed by atoms with E-state index in [9.17, 15) is 23.1 Å². The van der Waals surface area contributed by atoms with Crippen LogP contribution in [0.5, 0.6) is 0 Å². The number of benzene rings is 1. The van der Waals surface area contributed by atoms with Crippen LogP contribution in [-0.2, 0) is 19.0 Å². The van der Waals surface area contributed by atoms with Crippen LogP contribution in [0, 0.1) is 0 Å². The maximum atomic E-state index is 13.0. The second kappa shape index (κ2) is 5.56. The van der Waals surface area contributed by atoms with Crippen molar-refractivity contribution in [2.24, 2.45) is 0 Å². The van der Waals surface area contributed by atoms with Crippen molar-refractivity contribution in [1.29, 1.82) is 0 Å². The van der Waals surface area contributed by atoms with Gasteiger partial charge in [0.1, 0.15) is 0 Å². The van der Waals surface area contributed by atoms with E-state index in [1.54, 1.807) is 0 Å². The number of carbonyl (C=O) groups is 1. The number of halogens is 4. The van der Waals surface area contributed by atoms with Crippen LogP contribution in [0.4, 0.5) is 13.2 Å². The number of aromatic nitrogens is 2. The molecular weight excluding hydrogens is 333 g/mol. The maximum absolute atomic E-state index is 13.0. The minimum Gasteiger partial charge on any atom is -0.476 e. The van der Waals surface area contributed by atoms with Gasteiger partial charge in [-0.25, -0.2) is 9.48 Å². The second-order valence-electron chi connectivity index (χ2n) is 5.36. The van der Waals surface area contributed by atoms with Crippen molar-refractivity contribution in [3.63, 3.8) is 0 Å². The van der Waals surface area contributed by atoms with Gasteiger partial charge in [-0.05, 0) is 43.9 Å². The summed E-state index contributed by atoms with van der Waals surface area (Å²) in [5.41, 5.74) is 0.362. The molecule has 1 N–H and O–H groups in total. The lowest BCUT2D eigenvalue weighted by Crippen LogP contribution is -2.10.